The minimum atomic E-state index is -0.145. The highest BCUT2D eigenvalue weighted by atomic mass is 35.5. The van der Waals surface area contributed by atoms with Gasteiger partial charge in [0.25, 0.3) is 0 Å². The van der Waals surface area contributed by atoms with Crippen LogP contribution in [-0.2, 0) is 0 Å². The summed E-state index contributed by atoms with van der Waals surface area (Å²) >= 11 is 24.1. The molecule has 0 bridgehead atoms. The SMILES string of the molecule is Clc1c(Cl)c(Cl)c2c(c1Cl)O[C@H]1C=CC[C@H]1O2. The molecule has 1 heterocycles. The fraction of sp³-hybridized carbons (Fsp3) is 0.273. The molecule has 1 aliphatic heterocycles. The number of rotatable bonds is 0. The molecule has 90 valence electrons. The molecular formula is C11H6Cl4O2. The van der Waals surface area contributed by atoms with E-state index in [4.69, 9.17) is 55.9 Å². The van der Waals surface area contributed by atoms with Crippen molar-refractivity contribution in [2.45, 2.75) is 18.6 Å². The van der Waals surface area contributed by atoms with Gasteiger partial charge < -0.3 is 9.47 Å². The van der Waals surface area contributed by atoms with Gasteiger partial charge in [-0.25, -0.2) is 0 Å². The van der Waals surface area contributed by atoms with Gasteiger partial charge in [-0.3, -0.25) is 0 Å². The van der Waals surface area contributed by atoms with Gasteiger partial charge in [0, 0.05) is 6.42 Å². The molecule has 0 spiro atoms. The monoisotopic (exact) mass is 310 g/mol. The van der Waals surface area contributed by atoms with Gasteiger partial charge in [0.1, 0.15) is 16.1 Å². The van der Waals surface area contributed by atoms with E-state index in [1.807, 2.05) is 12.2 Å². The van der Waals surface area contributed by atoms with Gasteiger partial charge in [-0.05, 0) is 6.08 Å². The summed E-state index contributed by atoms with van der Waals surface area (Å²) in [6, 6.07) is 0. The number of ether oxygens (including phenoxy) is 2. The van der Waals surface area contributed by atoms with Crippen LogP contribution in [0.25, 0.3) is 0 Å². The summed E-state index contributed by atoms with van der Waals surface area (Å²) in [4.78, 5) is 0. The van der Waals surface area contributed by atoms with Crippen LogP contribution in [0, 0.1) is 0 Å². The Labute approximate surface area is 118 Å². The van der Waals surface area contributed by atoms with Crippen LogP contribution in [0.5, 0.6) is 11.5 Å². The van der Waals surface area contributed by atoms with E-state index in [2.05, 4.69) is 0 Å². The van der Waals surface area contributed by atoms with Crippen molar-refractivity contribution in [2.75, 3.05) is 0 Å². The molecule has 3 rings (SSSR count). The third-order valence-electron chi connectivity index (χ3n) is 2.77. The summed E-state index contributed by atoms with van der Waals surface area (Å²) in [6.07, 6.45) is 4.48. The van der Waals surface area contributed by atoms with Crippen LogP contribution in [0.1, 0.15) is 6.42 Å². The van der Waals surface area contributed by atoms with Gasteiger partial charge in [-0.2, -0.15) is 0 Å². The van der Waals surface area contributed by atoms with Crippen LogP contribution in [0.3, 0.4) is 0 Å². The van der Waals surface area contributed by atoms with Gasteiger partial charge in [0.05, 0.1) is 10.0 Å². The van der Waals surface area contributed by atoms with E-state index >= 15 is 0 Å². The van der Waals surface area contributed by atoms with Crippen LogP contribution in [-0.4, -0.2) is 12.2 Å². The number of hydrogen-bond acceptors (Lipinski definition) is 2. The molecule has 0 amide bonds. The average Bonchev–Trinajstić information content (AvgIpc) is 2.79. The van der Waals surface area contributed by atoms with Gasteiger partial charge in [-0.15, -0.1) is 0 Å². The summed E-state index contributed by atoms with van der Waals surface area (Å²) in [5.74, 6) is 0.731. The Bertz CT molecular complexity index is 527. The molecule has 0 aromatic heterocycles. The van der Waals surface area contributed by atoms with E-state index in [1.165, 1.54) is 0 Å². The molecule has 17 heavy (non-hydrogen) atoms. The zero-order valence-corrected chi connectivity index (χ0v) is 11.4. The summed E-state index contributed by atoms with van der Waals surface area (Å²) in [5, 5.41) is 0.836. The van der Waals surface area contributed by atoms with E-state index < -0.39 is 0 Å². The van der Waals surface area contributed by atoms with Crippen molar-refractivity contribution in [1.82, 2.24) is 0 Å². The lowest BCUT2D eigenvalue weighted by atomic mass is 10.2. The standard InChI is InChI=1S/C11H6Cl4O2/c12-6-7(13)9(15)11-10(8(6)14)16-4-2-1-3-5(4)17-11/h1-2,4-5H,3H2/t4-,5+/m0/s1. The number of halogens is 4. The van der Waals surface area contributed by atoms with Crippen LogP contribution in [0.4, 0.5) is 0 Å². The molecule has 0 saturated carbocycles. The first-order chi connectivity index (χ1) is 8.09. The maximum absolute atomic E-state index is 6.08. The molecule has 2 atom stereocenters. The third-order valence-corrected chi connectivity index (χ3v) is 4.53. The topological polar surface area (TPSA) is 18.5 Å². The molecular weight excluding hydrogens is 306 g/mol. The Balaban J connectivity index is 2.17. The summed E-state index contributed by atoms with van der Waals surface area (Å²) < 4.78 is 11.5. The normalized spacial score (nSPS) is 24.9. The van der Waals surface area contributed by atoms with Crippen LogP contribution in [0.2, 0.25) is 20.1 Å². The predicted molar refractivity (Wildman–Crippen MR) is 69.1 cm³/mol. The minimum Gasteiger partial charge on any atom is -0.480 e. The van der Waals surface area contributed by atoms with Crippen molar-refractivity contribution in [3.63, 3.8) is 0 Å². The molecule has 0 unspecified atom stereocenters. The fourth-order valence-corrected chi connectivity index (χ4v) is 2.83. The molecule has 1 aromatic carbocycles. The van der Waals surface area contributed by atoms with Gasteiger partial charge >= 0.3 is 0 Å². The highest BCUT2D eigenvalue weighted by Crippen LogP contribution is 2.53. The van der Waals surface area contributed by atoms with E-state index in [-0.39, 0.29) is 32.3 Å². The highest BCUT2D eigenvalue weighted by Gasteiger charge is 2.36. The van der Waals surface area contributed by atoms with Crippen molar-refractivity contribution >= 4 is 46.4 Å². The molecule has 0 N–H and O–H groups in total. The Hall–Kier alpha value is -0.280. The maximum atomic E-state index is 6.08. The van der Waals surface area contributed by atoms with E-state index in [0.717, 1.165) is 6.42 Å². The zero-order valence-electron chi connectivity index (χ0n) is 8.34. The van der Waals surface area contributed by atoms with Crippen LogP contribution < -0.4 is 9.47 Å². The molecule has 2 aliphatic rings. The van der Waals surface area contributed by atoms with Crippen molar-refractivity contribution in [3.8, 4) is 11.5 Å². The number of hydrogen-bond donors (Lipinski definition) is 0. The quantitative estimate of drug-likeness (QED) is 0.390. The number of benzene rings is 1. The van der Waals surface area contributed by atoms with Gasteiger partial charge in [0.2, 0.25) is 0 Å². The molecule has 0 radical (unpaired) electrons. The van der Waals surface area contributed by atoms with Crippen molar-refractivity contribution in [2.24, 2.45) is 0 Å². The Morgan fingerprint density at radius 1 is 0.882 bits per heavy atom. The first-order valence-electron chi connectivity index (χ1n) is 4.95. The van der Waals surface area contributed by atoms with Gasteiger partial charge in [-0.1, -0.05) is 52.5 Å². The van der Waals surface area contributed by atoms with E-state index in [0.29, 0.717) is 11.5 Å². The minimum absolute atomic E-state index is 0.0756. The average molecular weight is 312 g/mol. The molecule has 2 nitrogen and oxygen atoms in total. The van der Waals surface area contributed by atoms with Gasteiger partial charge in [0.15, 0.2) is 17.6 Å². The molecule has 1 aliphatic carbocycles. The van der Waals surface area contributed by atoms with Crippen molar-refractivity contribution in [1.29, 1.82) is 0 Å². The van der Waals surface area contributed by atoms with Crippen LogP contribution in [0.15, 0.2) is 12.2 Å². The molecule has 1 aromatic rings. The van der Waals surface area contributed by atoms with Crippen molar-refractivity contribution in [3.05, 3.63) is 32.2 Å². The zero-order chi connectivity index (χ0) is 12.2. The second-order valence-electron chi connectivity index (χ2n) is 3.82. The fourth-order valence-electron chi connectivity index (χ4n) is 1.92. The Morgan fingerprint density at radius 3 is 2.12 bits per heavy atom. The highest BCUT2D eigenvalue weighted by molar-refractivity contribution is 6.53. The first kappa shape index (κ1) is 11.8. The first-order valence-corrected chi connectivity index (χ1v) is 6.46. The summed E-state index contributed by atoms with van der Waals surface area (Å²) in [7, 11) is 0. The number of fused-ring (bicyclic) bond motifs is 2. The van der Waals surface area contributed by atoms with Crippen molar-refractivity contribution < 1.29 is 9.47 Å². The largest absolute Gasteiger partial charge is 0.480 e. The van der Waals surface area contributed by atoms with E-state index in [9.17, 15) is 0 Å². The molecule has 0 fully saturated rings. The summed E-state index contributed by atoms with van der Waals surface area (Å²) in [6.45, 7) is 0. The predicted octanol–water partition coefficient (Wildman–Crippen LogP) is 4.77. The lowest BCUT2D eigenvalue weighted by Gasteiger charge is -2.31. The van der Waals surface area contributed by atoms with Crippen LogP contribution >= 0.6 is 46.4 Å². The lowest BCUT2D eigenvalue weighted by molar-refractivity contribution is 0.0592. The lowest BCUT2D eigenvalue weighted by Crippen LogP contribution is -2.35. The molecule has 0 saturated heterocycles. The Kier molecular flexibility index (Phi) is 2.86. The molecule has 6 heteroatoms. The summed E-state index contributed by atoms with van der Waals surface area (Å²) in [5.41, 5.74) is 0. The maximum Gasteiger partial charge on any atom is 0.184 e. The smallest absolute Gasteiger partial charge is 0.184 e. The second kappa shape index (κ2) is 4.13. The van der Waals surface area contributed by atoms with E-state index in [1.54, 1.807) is 0 Å². The second-order valence-corrected chi connectivity index (χ2v) is 5.33. The third kappa shape index (κ3) is 1.70. The Morgan fingerprint density at radius 2 is 1.47 bits per heavy atom.